The van der Waals surface area contributed by atoms with Gasteiger partial charge in [0.1, 0.15) is 11.8 Å². The summed E-state index contributed by atoms with van der Waals surface area (Å²) in [6, 6.07) is 24.2. The van der Waals surface area contributed by atoms with Gasteiger partial charge in [-0.25, -0.2) is 4.79 Å². The van der Waals surface area contributed by atoms with Gasteiger partial charge in [-0.2, -0.15) is 0 Å². The summed E-state index contributed by atoms with van der Waals surface area (Å²) in [4.78, 5) is 18.0. The van der Waals surface area contributed by atoms with Crippen LogP contribution >= 0.6 is 12.2 Å². The highest BCUT2D eigenvalue weighted by molar-refractivity contribution is 7.80. The van der Waals surface area contributed by atoms with E-state index in [0.29, 0.717) is 11.7 Å². The Hall–Kier alpha value is -4.17. The first-order valence-electron chi connectivity index (χ1n) is 11.3. The zero-order chi connectivity index (χ0) is 24.4. The summed E-state index contributed by atoms with van der Waals surface area (Å²) in [7, 11) is 0. The van der Waals surface area contributed by atoms with Crippen LogP contribution < -0.4 is 15.0 Å². The number of anilines is 1. The zero-order valence-electron chi connectivity index (χ0n) is 19.0. The van der Waals surface area contributed by atoms with E-state index in [0.717, 1.165) is 28.5 Å². The Bertz CT molecular complexity index is 1340. The molecule has 1 aliphatic rings. The quantitative estimate of drug-likeness (QED) is 0.351. The van der Waals surface area contributed by atoms with Crippen LogP contribution in [0.15, 0.2) is 91.3 Å². The van der Waals surface area contributed by atoms with Crippen LogP contribution in [0.3, 0.4) is 0 Å². The van der Waals surface area contributed by atoms with Gasteiger partial charge in [-0.1, -0.05) is 6.07 Å². The van der Waals surface area contributed by atoms with E-state index < -0.39 is 5.97 Å². The van der Waals surface area contributed by atoms with Crippen LogP contribution in [0.5, 0.6) is 5.75 Å². The molecule has 2 aromatic heterocycles. The van der Waals surface area contributed by atoms with Gasteiger partial charge in [0.05, 0.1) is 23.9 Å². The second-order valence-corrected chi connectivity index (χ2v) is 8.47. The molecule has 0 saturated carbocycles. The Morgan fingerprint density at radius 2 is 1.77 bits per heavy atom. The molecular formula is C27H24N4O3S. The third-order valence-electron chi connectivity index (χ3n) is 6.00. The number of rotatable bonds is 7. The number of pyridine rings is 1. The van der Waals surface area contributed by atoms with E-state index in [4.69, 9.17) is 17.0 Å². The highest BCUT2D eigenvalue weighted by atomic mass is 32.1. The fourth-order valence-electron chi connectivity index (χ4n) is 4.44. The van der Waals surface area contributed by atoms with Gasteiger partial charge < -0.3 is 24.6 Å². The number of aromatic nitrogens is 2. The standard InChI is InChI=1S/C27H24N4O3S/c1-2-34-21-14-12-20(13-15-21)31-25(24(29-27(31)35)22-6-3-4-16-28-22)23-7-5-17-30(23)19-10-8-18(9-11-19)26(32)33/h3-17,24-25H,2H2,1H3,(H,29,35)(H,32,33)/t24-,25-/m0/s1. The molecule has 5 rings (SSSR count). The van der Waals surface area contributed by atoms with E-state index in [2.05, 4.69) is 25.8 Å². The molecule has 2 atom stereocenters. The monoisotopic (exact) mass is 484 g/mol. The lowest BCUT2D eigenvalue weighted by Gasteiger charge is -2.29. The second-order valence-electron chi connectivity index (χ2n) is 8.08. The number of thiocarbonyl (C=S) groups is 1. The molecule has 2 N–H and O–H groups in total. The van der Waals surface area contributed by atoms with Crippen molar-refractivity contribution in [2.24, 2.45) is 0 Å². The van der Waals surface area contributed by atoms with Gasteiger partial charge >= 0.3 is 5.97 Å². The minimum Gasteiger partial charge on any atom is -0.494 e. The topological polar surface area (TPSA) is 79.6 Å². The molecule has 176 valence electrons. The molecule has 0 bridgehead atoms. The lowest BCUT2D eigenvalue weighted by Crippen LogP contribution is -2.30. The number of carboxylic acid groups (broad SMARTS) is 1. The Morgan fingerprint density at radius 3 is 2.43 bits per heavy atom. The SMILES string of the molecule is CCOc1ccc(N2C(=S)N[C@@H](c3ccccn3)[C@@H]2c2cccn2-c2ccc(C(=O)O)cc2)cc1. The normalized spacial score (nSPS) is 17.3. The van der Waals surface area contributed by atoms with Crippen molar-refractivity contribution in [3.8, 4) is 11.4 Å². The molecule has 1 saturated heterocycles. The number of aromatic carboxylic acids is 1. The molecule has 3 heterocycles. The number of carbonyl (C=O) groups is 1. The van der Waals surface area contributed by atoms with Gasteiger partial charge in [-0.3, -0.25) is 4.98 Å². The number of carboxylic acids is 1. The van der Waals surface area contributed by atoms with Crippen LogP contribution in [0.1, 0.15) is 40.8 Å². The minimum atomic E-state index is -0.952. The largest absolute Gasteiger partial charge is 0.494 e. The highest BCUT2D eigenvalue weighted by Gasteiger charge is 2.42. The molecule has 0 unspecified atom stereocenters. The van der Waals surface area contributed by atoms with Crippen molar-refractivity contribution in [3.05, 3.63) is 108 Å². The van der Waals surface area contributed by atoms with Crippen molar-refractivity contribution >= 4 is 29.0 Å². The summed E-state index contributed by atoms with van der Waals surface area (Å²) in [5.74, 6) is -0.152. The molecule has 8 heteroatoms. The number of nitrogens with zero attached hydrogens (tertiary/aromatic N) is 3. The Kier molecular flexibility index (Phi) is 6.20. The van der Waals surface area contributed by atoms with Crippen LogP contribution in [0, 0.1) is 0 Å². The summed E-state index contributed by atoms with van der Waals surface area (Å²) in [5, 5.41) is 13.4. The summed E-state index contributed by atoms with van der Waals surface area (Å²) in [6.45, 7) is 2.56. The van der Waals surface area contributed by atoms with Gasteiger partial charge in [-0.15, -0.1) is 0 Å². The molecule has 0 aliphatic carbocycles. The van der Waals surface area contributed by atoms with Crippen LogP contribution in [0.2, 0.25) is 0 Å². The molecule has 0 radical (unpaired) electrons. The first kappa shape index (κ1) is 22.6. The summed E-state index contributed by atoms with van der Waals surface area (Å²) in [6.07, 6.45) is 3.75. The maximum absolute atomic E-state index is 11.3. The van der Waals surface area contributed by atoms with Crippen molar-refractivity contribution in [1.29, 1.82) is 0 Å². The number of hydrogen-bond acceptors (Lipinski definition) is 4. The summed E-state index contributed by atoms with van der Waals surface area (Å²) in [5.41, 5.74) is 3.91. The average molecular weight is 485 g/mol. The van der Waals surface area contributed by atoms with Crippen LogP contribution in [-0.2, 0) is 0 Å². The van der Waals surface area contributed by atoms with Crippen LogP contribution in [0.4, 0.5) is 5.69 Å². The fourth-order valence-corrected chi connectivity index (χ4v) is 4.78. The lowest BCUT2D eigenvalue weighted by molar-refractivity contribution is 0.0697. The van der Waals surface area contributed by atoms with Crippen LogP contribution in [0.25, 0.3) is 5.69 Å². The van der Waals surface area contributed by atoms with Crippen molar-refractivity contribution in [2.45, 2.75) is 19.0 Å². The molecule has 0 spiro atoms. The Labute approximate surface area is 208 Å². The van der Waals surface area contributed by atoms with Crippen LogP contribution in [-0.4, -0.2) is 32.3 Å². The predicted octanol–water partition coefficient (Wildman–Crippen LogP) is 5.15. The zero-order valence-corrected chi connectivity index (χ0v) is 19.9. The Morgan fingerprint density at radius 1 is 1.03 bits per heavy atom. The number of ether oxygens (including phenoxy) is 1. The molecule has 7 nitrogen and oxygen atoms in total. The maximum atomic E-state index is 11.3. The van der Waals surface area contributed by atoms with E-state index >= 15 is 0 Å². The van der Waals surface area contributed by atoms with Gasteiger partial charge in [0.15, 0.2) is 5.11 Å². The van der Waals surface area contributed by atoms with Crippen molar-refractivity contribution in [1.82, 2.24) is 14.9 Å². The average Bonchev–Trinajstić information content (AvgIpc) is 3.50. The third-order valence-corrected chi connectivity index (χ3v) is 6.31. The highest BCUT2D eigenvalue weighted by Crippen LogP contribution is 2.42. The lowest BCUT2D eigenvalue weighted by atomic mass is 10.0. The smallest absolute Gasteiger partial charge is 0.335 e. The number of hydrogen-bond donors (Lipinski definition) is 2. The third kappa shape index (κ3) is 4.36. The molecule has 4 aromatic rings. The van der Waals surface area contributed by atoms with Gasteiger partial charge in [-0.05, 0) is 91.9 Å². The van der Waals surface area contributed by atoms with E-state index in [1.807, 2.05) is 73.8 Å². The van der Waals surface area contributed by atoms with Crippen molar-refractivity contribution < 1.29 is 14.6 Å². The number of benzene rings is 2. The van der Waals surface area contributed by atoms with E-state index in [9.17, 15) is 9.90 Å². The summed E-state index contributed by atoms with van der Waals surface area (Å²) < 4.78 is 7.68. The molecule has 1 aliphatic heterocycles. The van der Waals surface area contributed by atoms with Gasteiger partial charge in [0, 0.05) is 29.5 Å². The first-order chi connectivity index (χ1) is 17.1. The molecule has 0 amide bonds. The van der Waals surface area contributed by atoms with E-state index in [1.165, 1.54) is 0 Å². The predicted molar refractivity (Wildman–Crippen MR) is 138 cm³/mol. The first-order valence-corrected chi connectivity index (χ1v) is 11.7. The summed E-state index contributed by atoms with van der Waals surface area (Å²) >= 11 is 5.82. The molecule has 2 aromatic carbocycles. The second kappa shape index (κ2) is 9.60. The van der Waals surface area contributed by atoms with E-state index in [-0.39, 0.29) is 17.6 Å². The van der Waals surface area contributed by atoms with Crippen molar-refractivity contribution in [2.75, 3.05) is 11.5 Å². The van der Waals surface area contributed by atoms with E-state index in [1.54, 1.807) is 18.3 Å². The molecule has 1 fully saturated rings. The van der Waals surface area contributed by atoms with Crippen molar-refractivity contribution in [3.63, 3.8) is 0 Å². The van der Waals surface area contributed by atoms with Gasteiger partial charge in [0.2, 0.25) is 0 Å². The fraction of sp³-hybridized carbons (Fsp3) is 0.148. The maximum Gasteiger partial charge on any atom is 0.335 e. The van der Waals surface area contributed by atoms with Gasteiger partial charge in [0.25, 0.3) is 0 Å². The molecular weight excluding hydrogens is 460 g/mol. The molecule has 35 heavy (non-hydrogen) atoms. The minimum absolute atomic E-state index is 0.192. The number of nitrogens with one attached hydrogen (secondary N) is 1. The Balaban J connectivity index is 1.60.